The summed E-state index contributed by atoms with van der Waals surface area (Å²) in [7, 11) is 2.18. The van der Waals surface area contributed by atoms with Crippen LogP contribution in [0.4, 0.5) is 5.13 Å². The maximum absolute atomic E-state index is 4.71. The molecule has 22 heavy (non-hydrogen) atoms. The van der Waals surface area contributed by atoms with Crippen molar-refractivity contribution in [3.05, 3.63) is 30.7 Å². The highest BCUT2D eigenvalue weighted by atomic mass is 32.1. The Kier molecular flexibility index (Phi) is 3.51. The van der Waals surface area contributed by atoms with Crippen LogP contribution in [0.15, 0.2) is 30.7 Å². The van der Waals surface area contributed by atoms with Crippen LogP contribution in [-0.2, 0) is 0 Å². The minimum Gasteiger partial charge on any atom is -0.345 e. The largest absolute Gasteiger partial charge is 0.345 e. The SMILES string of the molecule is CN1CCCN(c2nn3cc(-c4cccnc4)nc3s2)CC1. The fraction of sp³-hybridized carbons (Fsp3) is 0.400. The van der Waals surface area contributed by atoms with Crippen LogP contribution in [0.3, 0.4) is 0 Å². The zero-order valence-corrected chi connectivity index (χ0v) is 13.3. The summed E-state index contributed by atoms with van der Waals surface area (Å²) in [6.07, 6.45) is 6.77. The smallest absolute Gasteiger partial charge is 0.214 e. The van der Waals surface area contributed by atoms with Crippen molar-refractivity contribution >= 4 is 21.4 Å². The second kappa shape index (κ2) is 5.66. The first kappa shape index (κ1) is 13.7. The fourth-order valence-electron chi connectivity index (χ4n) is 2.71. The molecule has 0 aromatic carbocycles. The number of imidazole rings is 1. The zero-order valence-electron chi connectivity index (χ0n) is 12.5. The van der Waals surface area contributed by atoms with Gasteiger partial charge in [0, 0.05) is 37.6 Å². The third kappa shape index (κ3) is 2.57. The third-order valence-electron chi connectivity index (χ3n) is 3.98. The number of hydrogen-bond acceptors (Lipinski definition) is 6. The summed E-state index contributed by atoms with van der Waals surface area (Å²) in [6.45, 7) is 4.34. The van der Waals surface area contributed by atoms with E-state index in [9.17, 15) is 0 Å². The molecule has 0 spiro atoms. The van der Waals surface area contributed by atoms with Crippen molar-refractivity contribution in [1.29, 1.82) is 0 Å². The van der Waals surface area contributed by atoms with Crippen LogP contribution in [-0.4, -0.2) is 57.7 Å². The Morgan fingerprint density at radius 2 is 2.14 bits per heavy atom. The van der Waals surface area contributed by atoms with E-state index in [4.69, 9.17) is 5.10 Å². The Morgan fingerprint density at radius 1 is 1.18 bits per heavy atom. The van der Waals surface area contributed by atoms with Gasteiger partial charge < -0.3 is 9.80 Å². The minimum atomic E-state index is 0.925. The van der Waals surface area contributed by atoms with E-state index < -0.39 is 0 Å². The number of fused-ring (bicyclic) bond motifs is 1. The molecule has 6 nitrogen and oxygen atoms in total. The van der Waals surface area contributed by atoms with Crippen LogP contribution in [0.5, 0.6) is 0 Å². The number of pyridine rings is 1. The van der Waals surface area contributed by atoms with Crippen LogP contribution < -0.4 is 4.90 Å². The van der Waals surface area contributed by atoms with Crippen molar-refractivity contribution in [3.63, 3.8) is 0 Å². The summed E-state index contributed by atoms with van der Waals surface area (Å²) in [6, 6.07) is 3.94. The van der Waals surface area contributed by atoms with Gasteiger partial charge in [-0.1, -0.05) is 11.3 Å². The maximum atomic E-state index is 4.71. The Balaban J connectivity index is 1.61. The van der Waals surface area contributed by atoms with Crippen molar-refractivity contribution in [2.75, 3.05) is 38.1 Å². The number of nitrogens with zero attached hydrogens (tertiary/aromatic N) is 6. The molecule has 4 rings (SSSR count). The molecule has 7 heteroatoms. The summed E-state index contributed by atoms with van der Waals surface area (Å²) >= 11 is 1.66. The Hall–Kier alpha value is -1.99. The second-order valence-corrected chi connectivity index (χ2v) is 6.56. The standard InChI is InChI=1S/C15H18N6S/c1-19-6-3-7-20(9-8-19)15-18-21-11-13(17-14(21)22-15)12-4-2-5-16-10-12/h2,4-5,10-11H,3,6-9H2,1H3. The molecular formula is C15H18N6S. The average Bonchev–Trinajstić information content (AvgIpc) is 3.03. The molecule has 0 radical (unpaired) electrons. The third-order valence-corrected chi connectivity index (χ3v) is 4.96. The van der Waals surface area contributed by atoms with Crippen LogP contribution >= 0.6 is 11.3 Å². The van der Waals surface area contributed by atoms with E-state index in [0.717, 1.165) is 47.5 Å². The van der Waals surface area contributed by atoms with Gasteiger partial charge in [0.05, 0.1) is 11.9 Å². The normalized spacial score (nSPS) is 17.0. The van der Waals surface area contributed by atoms with Crippen LogP contribution in [0.25, 0.3) is 16.2 Å². The maximum Gasteiger partial charge on any atom is 0.214 e. The van der Waals surface area contributed by atoms with Gasteiger partial charge in [0.25, 0.3) is 0 Å². The van der Waals surface area contributed by atoms with Gasteiger partial charge in [0.1, 0.15) is 0 Å². The molecule has 0 amide bonds. The fourth-order valence-corrected chi connectivity index (χ4v) is 3.64. The van der Waals surface area contributed by atoms with Gasteiger partial charge in [0.2, 0.25) is 10.1 Å². The first-order valence-corrected chi connectivity index (χ1v) is 8.31. The highest BCUT2D eigenvalue weighted by Crippen LogP contribution is 2.26. The lowest BCUT2D eigenvalue weighted by molar-refractivity contribution is 0.360. The number of likely N-dealkylation sites (N-methyl/N-ethyl adjacent to an activating group) is 1. The lowest BCUT2D eigenvalue weighted by Gasteiger charge is -2.18. The predicted octanol–water partition coefficient (Wildman–Crippen LogP) is 1.99. The van der Waals surface area contributed by atoms with Crippen LogP contribution in [0, 0.1) is 0 Å². The molecule has 0 atom stereocenters. The molecule has 1 aliphatic heterocycles. The Labute approximate surface area is 133 Å². The zero-order chi connectivity index (χ0) is 14.9. The molecule has 4 heterocycles. The molecule has 0 N–H and O–H groups in total. The van der Waals surface area contributed by atoms with Gasteiger partial charge in [-0.3, -0.25) is 4.98 Å². The molecule has 1 saturated heterocycles. The van der Waals surface area contributed by atoms with E-state index in [1.165, 1.54) is 6.42 Å². The van der Waals surface area contributed by atoms with E-state index in [1.807, 2.05) is 29.0 Å². The van der Waals surface area contributed by atoms with Gasteiger partial charge in [0.15, 0.2) is 0 Å². The number of hydrogen-bond donors (Lipinski definition) is 0. The molecule has 0 unspecified atom stereocenters. The van der Waals surface area contributed by atoms with E-state index in [0.29, 0.717) is 0 Å². The molecule has 3 aromatic heterocycles. The summed E-state index contributed by atoms with van der Waals surface area (Å²) < 4.78 is 1.89. The molecule has 3 aromatic rings. The summed E-state index contributed by atoms with van der Waals surface area (Å²) in [5.41, 5.74) is 1.95. The van der Waals surface area contributed by atoms with E-state index in [2.05, 4.69) is 26.8 Å². The quantitative estimate of drug-likeness (QED) is 0.724. The molecule has 0 bridgehead atoms. The summed E-state index contributed by atoms with van der Waals surface area (Å²) in [4.78, 5) is 14.5. The summed E-state index contributed by atoms with van der Waals surface area (Å²) in [5, 5.41) is 5.77. The number of aromatic nitrogens is 4. The monoisotopic (exact) mass is 314 g/mol. The first-order chi connectivity index (χ1) is 10.8. The lowest BCUT2D eigenvalue weighted by Crippen LogP contribution is -2.28. The average molecular weight is 314 g/mol. The second-order valence-electron chi connectivity index (χ2n) is 5.62. The molecular weight excluding hydrogens is 296 g/mol. The molecule has 1 aliphatic rings. The van der Waals surface area contributed by atoms with E-state index in [-0.39, 0.29) is 0 Å². The minimum absolute atomic E-state index is 0.925. The summed E-state index contributed by atoms with van der Waals surface area (Å²) in [5.74, 6) is 0. The molecule has 0 aliphatic carbocycles. The highest BCUT2D eigenvalue weighted by molar-refractivity contribution is 7.20. The Bertz CT molecular complexity index is 733. The van der Waals surface area contributed by atoms with Crippen molar-refractivity contribution in [2.24, 2.45) is 0 Å². The molecule has 114 valence electrons. The van der Waals surface area contributed by atoms with Gasteiger partial charge >= 0.3 is 0 Å². The topological polar surface area (TPSA) is 49.6 Å². The van der Waals surface area contributed by atoms with E-state index >= 15 is 0 Å². The van der Waals surface area contributed by atoms with Gasteiger partial charge in [-0.15, -0.1) is 5.10 Å². The van der Waals surface area contributed by atoms with Crippen LogP contribution in [0.1, 0.15) is 6.42 Å². The van der Waals surface area contributed by atoms with Gasteiger partial charge in [-0.05, 0) is 32.1 Å². The van der Waals surface area contributed by atoms with Crippen molar-refractivity contribution < 1.29 is 0 Å². The van der Waals surface area contributed by atoms with Crippen molar-refractivity contribution in [3.8, 4) is 11.3 Å². The predicted molar refractivity (Wildman–Crippen MR) is 88.4 cm³/mol. The van der Waals surface area contributed by atoms with Gasteiger partial charge in [-0.2, -0.15) is 0 Å². The van der Waals surface area contributed by atoms with Gasteiger partial charge in [-0.25, -0.2) is 9.50 Å². The highest BCUT2D eigenvalue weighted by Gasteiger charge is 2.17. The number of anilines is 1. The van der Waals surface area contributed by atoms with Crippen LogP contribution in [0.2, 0.25) is 0 Å². The first-order valence-electron chi connectivity index (χ1n) is 7.50. The Morgan fingerprint density at radius 3 is 2.95 bits per heavy atom. The van der Waals surface area contributed by atoms with E-state index in [1.54, 1.807) is 17.5 Å². The number of rotatable bonds is 2. The lowest BCUT2D eigenvalue weighted by atomic mass is 10.2. The van der Waals surface area contributed by atoms with Crippen molar-refractivity contribution in [2.45, 2.75) is 6.42 Å². The molecule has 1 fully saturated rings. The van der Waals surface area contributed by atoms with Crippen molar-refractivity contribution in [1.82, 2.24) is 24.5 Å². The molecule has 0 saturated carbocycles.